The van der Waals surface area contributed by atoms with E-state index in [9.17, 15) is 123 Å². The normalized spacial score (nSPS) is 17.8. The summed E-state index contributed by atoms with van der Waals surface area (Å²) in [6.45, 7) is -0.320. The second-order valence-corrected chi connectivity index (χ2v) is 41.6. The molecule has 796 valence electrons. The number of ether oxygens (including phenoxy) is 8. The lowest BCUT2D eigenvalue weighted by Gasteiger charge is -2.41. The van der Waals surface area contributed by atoms with Gasteiger partial charge in [0.1, 0.15) is 53.8 Å². The first-order valence-corrected chi connectivity index (χ1v) is 51.2. The number of methoxy groups -OCH3 is 1. The van der Waals surface area contributed by atoms with E-state index in [1.54, 1.807) is 35.2 Å². The number of rotatable bonds is 25. The van der Waals surface area contributed by atoms with Gasteiger partial charge in [0.05, 0.1) is 52.6 Å². The predicted molar refractivity (Wildman–Crippen MR) is 502 cm³/mol. The van der Waals surface area contributed by atoms with Crippen molar-refractivity contribution in [3.63, 3.8) is 0 Å². The quantitative estimate of drug-likeness (QED) is 0.0114. The highest BCUT2D eigenvalue weighted by Gasteiger charge is 2.48. The summed E-state index contributed by atoms with van der Waals surface area (Å²) >= 11 is 23.1. The highest BCUT2D eigenvalue weighted by atomic mass is 35.5. The van der Waals surface area contributed by atoms with E-state index < -0.39 is 227 Å². The average molecular weight is 2240 g/mol. The van der Waals surface area contributed by atoms with Gasteiger partial charge in [0.2, 0.25) is 40.1 Å². The molecule has 15 rings (SSSR count). The molecular weight excluding hydrogens is 2150 g/mol. The highest BCUT2D eigenvalue weighted by Crippen LogP contribution is 2.40. The third-order valence-corrected chi connectivity index (χ3v) is 31.5. The molecule has 148 heavy (non-hydrogen) atoms. The van der Waals surface area contributed by atoms with Crippen molar-refractivity contribution in [3.05, 3.63) is 248 Å². The van der Waals surface area contributed by atoms with Crippen LogP contribution in [0.3, 0.4) is 0 Å². The second-order valence-electron chi connectivity index (χ2n) is 32.3. The van der Waals surface area contributed by atoms with Crippen LogP contribution in [0.25, 0.3) is 0 Å². The minimum absolute atomic E-state index is 0.0416. The molecular formula is C90H90Cl4F8N14O28S4. The number of nitrogens with one attached hydrogen (secondary N) is 4. The van der Waals surface area contributed by atoms with E-state index >= 15 is 0 Å². The summed E-state index contributed by atoms with van der Waals surface area (Å²) in [4.78, 5) is 105. The van der Waals surface area contributed by atoms with Crippen molar-refractivity contribution in [2.75, 3.05) is 151 Å². The molecule has 9 aromatic rings. The lowest BCUT2D eigenvalue weighted by Crippen LogP contribution is -2.63. The van der Waals surface area contributed by atoms with Crippen LogP contribution in [0.1, 0.15) is 5.56 Å². The van der Waals surface area contributed by atoms with E-state index in [0.717, 1.165) is 14.1 Å². The minimum Gasteiger partial charge on any atom is -0.451 e. The van der Waals surface area contributed by atoms with Crippen molar-refractivity contribution in [2.24, 2.45) is 0 Å². The maximum atomic E-state index is 14.8. The van der Waals surface area contributed by atoms with Gasteiger partial charge in [-0.3, -0.25) is 54.5 Å². The number of nitrogens with zero attached hydrogens (tertiary/aromatic N) is 10. The Morgan fingerprint density at radius 2 is 0.615 bits per heavy atom. The fourth-order valence-corrected chi connectivity index (χ4v) is 22.2. The molecule has 9 amide bonds. The van der Waals surface area contributed by atoms with Crippen LogP contribution in [0.2, 0.25) is 20.1 Å². The Balaban J connectivity index is 0.000000176. The Hall–Kier alpha value is -12.5. The number of benzene rings is 9. The molecule has 6 heterocycles. The zero-order valence-electron chi connectivity index (χ0n) is 77.0. The van der Waals surface area contributed by atoms with Gasteiger partial charge in [-0.1, -0.05) is 76.7 Å². The average Bonchev–Trinajstić information content (AvgIpc) is 0.773. The molecule has 6 aliphatic heterocycles. The fourth-order valence-electron chi connectivity index (χ4n) is 15.3. The molecule has 6 saturated heterocycles. The molecule has 0 aromatic heterocycles. The van der Waals surface area contributed by atoms with E-state index in [2.05, 4.69) is 0 Å². The molecule has 0 unspecified atom stereocenters. The van der Waals surface area contributed by atoms with Crippen molar-refractivity contribution in [2.45, 2.75) is 50.4 Å². The third kappa shape index (κ3) is 28.1. The van der Waals surface area contributed by atoms with Crippen LogP contribution in [0, 0.1) is 46.5 Å². The summed E-state index contributed by atoms with van der Waals surface area (Å²) in [5, 5.41) is 38.2. The van der Waals surface area contributed by atoms with Crippen LogP contribution in [-0.2, 0) is 94.4 Å². The second kappa shape index (κ2) is 51.1. The molecule has 4 atom stereocenters. The van der Waals surface area contributed by atoms with Crippen molar-refractivity contribution in [1.82, 2.24) is 68.5 Å². The summed E-state index contributed by atoms with van der Waals surface area (Å²) in [6, 6.07) is 29.3. The molecule has 42 nitrogen and oxygen atoms in total. The summed E-state index contributed by atoms with van der Waals surface area (Å²) < 4.78 is 269. The number of carbonyl (C=O) groups is 8. The van der Waals surface area contributed by atoms with E-state index in [-0.39, 0.29) is 108 Å². The van der Waals surface area contributed by atoms with Crippen LogP contribution in [-0.4, -0.2) is 324 Å². The molecule has 58 heteroatoms. The lowest BCUT2D eigenvalue weighted by atomic mass is 10.2. The molecule has 0 bridgehead atoms. The number of urea groups is 1. The van der Waals surface area contributed by atoms with Crippen molar-refractivity contribution in [1.29, 1.82) is 0 Å². The fraction of sp³-hybridized carbons (Fsp3) is 0.311. The minimum atomic E-state index is -4.74. The van der Waals surface area contributed by atoms with E-state index in [1.807, 2.05) is 0 Å². The number of sulfonamides is 4. The molecule has 8 N–H and O–H groups in total. The third-order valence-electron chi connectivity index (χ3n) is 22.9. The Morgan fingerprint density at radius 1 is 0.345 bits per heavy atom. The van der Waals surface area contributed by atoms with Crippen molar-refractivity contribution >= 4 is 134 Å². The molecule has 0 spiro atoms. The summed E-state index contributed by atoms with van der Waals surface area (Å²) in [6.07, 6.45) is -0.813. The van der Waals surface area contributed by atoms with Crippen LogP contribution >= 0.6 is 46.4 Å². The molecule has 6 aliphatic rings. The van der Waals surface area contributed by atoms with Gasteiger partial charge in [-0.25, -0.2) is 100 Å². The van der Waals surface area contributed by atoms with Crippen LogP contribution in [0.15, 0.2) is 196 Å². The van der Waals surface area contributed by atoms with Gasteiger partial charge in [0.15, 0.2) is 69.5 Å². The van der Waals surface area contributed by atoms with Crippen molar-refractivity contribution < 1.29 is 166 Å². The van der Waals surface area contributed by atoms with Crippen LogP contribution in [0.4, 0.5) is 44.7 Å². The van der Waals surface area contributed by atoms with Gasteiger partial charge in [-0.15, -0.1) is 0 Å². The number of morpholine rings is 2. The van der Waals surface area contributed by atoms with Gasteiger partial charge in [-0.05, 0) is 151 Å². The molecule has 0 radical (unpaired) electrons. The van der Waals surface area contributed by atoms with E-state index in [1.165, 1.54) is 141 Å². The van der Waals surface area contributed by atoms with Crippen molar-refractivity contribution in [3.8, 4) is 46.0 Å². The number of carbonyl (C=O) groups excluding carboxylic acids is 8. The van der Waals surface area contributed by atoms with E-state index in [0.29, 0.717) is 127 Å². The van der Waals surface area contributed by atoms with Crippen LogP contribution < -0.4 is 40.9 Å². The first kappa shape index (κ1) is 114. The number of halogens is 12. The zero-order valence-corrected chi connectivity index (χ0v) is 83.3. The smallest absolute Gasteiger partial charge is 0.410 e. The van der Waals surface area contributed by atoms with Gasteiger partial charge in [0.25, 0.3) is 23.6 Å². The first-order chi connectivity index (χ1) is 70.4. The number of hydroxylamine groups is 4. The highest BCUT2D eigenvalue weighted by molar-refractivity contribution is 7.90. The Kier molecular flexibility index (Phi) is 39.4. The Morgan fingerprint density at radius 3 is 0.926 bits per heavy atom. The molecule has 0 aliphatic carbocycles. The molecule has 6 fully saturated rings. The lowest BCUT2D eigenvalue weighted by molar-refractivity contribution is -0.156. The van der Waals surface area contributed by atoms with Gasteiger partial charge < -0.3 is 62.4 Å². The maximum absolute atomic E-state index is 14.8. The largest absolute Gasteiger partial charge is 0.451 e. The summed E-state index contributed by atoms with van der Waals surface area (Å²) in [7, 11) is -17.1. The van der Waals surface area contributed by atoms with Gasteiger partial charge >= 0.3 is 23.9 Å². The topological polar surface area (TPSA) is 508 Å². The first-order valence-electron chi connectivity index (χ1n) is 43.9. The Bertz CT molecular complexity index is 6720. The molecule has 0 saturated carbocycles. The number of amides is 9. The zero-order chi connectivity index (χ0) is 107. The maximum Gasteiger partial charge on any atom is 0.410 e. The van der Waals surface area contributed by atoms with E-state index in [4.69, 9.17) is 89.5 Å². The number of hydrogen-bond donors (Lipinski definition) is 8. The van der Waals surface area contributed by atoms with Gasteiger partial charge in [-0.2, -0.15) is 17.2 Å². The SMILES string of the molecule is COCCN1CCN(S(=O)(=O)c2cc(F)c(Oc3ccc(Cl)cc3)c(F)c2)[C@@H](C(=O)NO)C1.O=C(NO)[C@H]1CN(C(=O)C(=O)N2CCOCC2)CCN1S(=O)(=O)c1cc(F)c(Oc2ccc(Cl)cc2)c(F)c1.O=C(NO)[C@H]1CN(C(=O)N2CCOCC2)CCN1S(=O)(=O)c1cc(F)c(Oc2ccc(Cl)cc2)c(F)c1.O=C(NO)[C@H]1CN(C(=O)OCc2ccccc2)CCN1S(=O)(=O)c1cc(F)c(Oc2ccc(Cl)cc2)c(F)c1. The number of piperazine rings is 4. The predicted octanol–water partition coefficient (Wildman–Crippen LogP) is 9.18. The van der Waals surface area contributed by atoms with Crippen LogP contribution in [0.5, 0.6) is 46.0 Å². The molecule has 9 aromatic carbocycles. The van der Waals surface area contributed by atoms with Gasteiger partial charge in [0, 0.05) is 138 Å². The standard InChI is InChI=1S/C25H22ClF2N3O7S.C23H23ClF2N4O8S.C22H23ClF2N4O7S.C20H22ClF2N3O6S/c26-17-6-8-18(9-7-17)38-23-20(27)12-19(13-21(23)28)39(35,36)31-11-10-30(14-22(31)24(32)29-34)25(33)37-15-16-4-2-1-3-5-16;24-14-1-3-15(4-2-14)38-20-17(25)11-16(12-18(20)26)39(35,36)30-6-5-29(13-19(30)21(31)27-34)23(33)22(32)28-7-9-37-10-8-28;23-14-1-3-15(4-2-14)36-20-17(24)11-16(12-18(20)25)37(33,34)29-6-5-28(13-19(29)21(30)26-32)22(31)27-7-9-35-10-8-27;1-31-9-8-25-6-7-26(18(12-25)20(27)24-28)33(29,30)15-10-16(22)19(17(23)11-15)32-14-4-2-13(21)3-5-14/h1-9,12-13,22,34H,10-11,14-15H2,(H,29,32);1-4,11-12,19,34H,5-10,13H2,(H,27,31);1-4,11-12,19,32H,5-10,13H2,(H,26,30);2-5,10-11,18,28H,6-9,12H2,1H3,(H,24,27)/t22-;2*19-;18-/m1111/s1. The monoisotopic (exact) mass is 2230 g/mol. The number of hydrogen-bond acceptors (Lipinski definition) is 29. The summed E-state index contributed by atoms with van der Waals surface area (Å²) in [5.41, 5.74) is 6.25. The summed E-state index contributed by atoms with van der Waals surface area (Å²) in [5.74, 6) is -19.7. The Labute approximate surface area is 859 Å².